The molecule has 0 unspecified atom stereocenters. The third-order valence-electron chi connectivity index (χ3n) is 10.5. The number of unbranched alkanes of at least 4 members (excludes halogenated alkanes) is 3. The second-order valence-electron chi connectivity index (χ2n) is 14.4. The van der Waals surface area contributed by atoms with Crippen LogP contribution in [0.25, 0.3) is 16.3 Å². The Morgan fingerprint density at radius 2 is 1.58 bits per heavy atom. The predicted octanol–water partition coefficient (Wildman–Crippen LogP) is 9.19. The normalized spacial score (nSPS) is 14.4. The van der Waals surface area contributed by atoms with E-state index >= 15 is 0 Å². The maximum atomic E-state index is 14.4. The first-order valence-electron chi connectivity index (χ1n) is 20.6. The molecule has 7 rings (SSSR count). The lowest BCUT2D eigenvalue weighted by Crippen LogP contribution is -3.00. The Labute approximate surface area is 389 Å². The van der Waals surface area contributed by atoms with Gasteiger partial charge in [-0.1, -0.05) is 128 Å². The first-order valence-corrected chi connectivity index (χ1v) is 24.5. The number of alkyl halides is 1. The number of methoxy groups -OCH3 is 1. The molecule has 60 heavy (non-hydrogen) atoms. The van der Waals surface area contributed by atoms with Crippen LogP contribution in [0.4, 0.5) is 11.4 Å². The number of rotatable bonds is 18. The summed E-state index contributed by atoms with van der Waals surface area (Å²) >= 11 is 5.39. The number of aryl methyl sites for hydroxylation is 1. The first kappa shape index (κ1) is 47.0. The molecule has 10 heteroatoms. The van der Waals surface area contributed by atoms with Gasteiger partial charge in [0, 0.05) is 59.0 Å². The van der Waals surface area contributed by atoms with Gasteiger partial charge in [0.25, 0.3) is 5.01 Å². The average molecular weight is 1020 g/mol. The largest absolute Gasteiger partial charge is 1.00 e. The Bertz CT molecular complexity index is 2370. The number of thiazole rings is 1. The number of anilines is 2. The number of hydrogen-bond donors (Lipinski definition) is 0. The number of ether oxygens (including phenoxy) is 2. The number of hydrogen-bond acceptors (Lipinski definition) is 7. The maximum absolute atomic E-state index is 14.4. The summed E-state index contributed by atoms with van der Waals surface area (Å²) < 4.78 is 15.3. The summed E-state index contributed by atoms with van der Waals surface area (Å²) in [5, 5.41) is 1.01. The molecule has 0 amide bonds. The fourth-order valence-corrected chi connectivity index (χ4v) is 9.54. The van der Waals surface area contributed by atoms with Crippen molar-refractivity contribution in [1.82, 2.24) is 0 Å². The molecular weight excluding hydrogens is 962 g/mol. The number of terminal acetylenes is 1. The van der Waals surface area contributed by atoms with Gasteiger partial charge < -0.3 is 36.3 Å². The highest BCUT2D eigenvalue weighted by atomic mass is 127. The molecule has 6 nitrogen and oxygen atoms in total. The van der Waals surface area contributed by atoms with Crippen LogP contribution in [0.1, 0.15) is 74.6 Å². The van der Waals surface area contributed by atoms with Crippen molar-refractivity contribution in [1.29, 1.82) is 0 Å². The molecule has 0 saturated carbocycles. The summed E-state index contributed by atoms with van der Waals surface area (Å²) in [4.78, 5) is 21.9. The van der Waals surface area contributed by atoms with Crippen LogP contribution in [-0.2, 0) is 24.4 Å². The third-order valence-corrected chi connectivity index (χ3v) is 12.7. The van der Waals surface area contributed by atoms with Gasteiger partial charge in [0.2, 0.25) is 5.52 Å². The average Bonchev–Trinajstić information content (AvgIpc) is 3.77. The molecular formula is C50H55BrIN3O3S2. The van der Waals surface area contributed by atoms with Crippen molar-refractivity contribution < 1.29 is 35.8 Å². The second-order valence-corrected chi connectivity index (χ2v) is 16.5. The number of carbonyl (C=O) groups excluding carboxylic acids is 1. The molecule has 1 aliphatic heterocycles. The number of allylic oxidation sites excluding steroid dienone is 3. The van der Waals surface area contributed by atoms with E-state index in [2.05, 4.69) is 136 Å². The topological polar surface area (TPSA) is 45.9 Å². The molecule has 5 aromatic rings. The zero-order valence-electron chi connectivity index (χ0n) is 35.3. The van der Waals surface area contributed by atoms with Crippen molar-refractivity contribution in [2.45, 2.75) is 72.4 Å². The van der Waals surface area contributed by atoms with Crippen LogP contribution in [0, 0.1) is 12.3 Å². The van der Waals surface area contributed by atoms with E-state index in [4.69, 9.17) is 15.9 Å². The Kier molecular flexibility index (Phi) is 18.2. The Hall–Kier alpha value is -4.02. The number of benzene rings is 4. The van der Waals surface area contributed by atoms with E-state index in [-0.39, 0.29) is 22.8 Å². The predicted molar refractivity (Wildman–Crippen MR) is 259 cm³/mol. The van der Waals surface area contributed by atoms with Gasteiger partial charge in [-0.2, -0.15) is 4.57 Å². The minimum absolute atomic E-state index is 0. The zero-order chi connectivity index (χ0) is 41.7. The molecule has 1 aromatic heterocycles. The first-order chi connectivity index (χ1) is 29.0. The van der Waals surface area contributed by atoms with Gasteiger partial charge in [-0.3, -0.25) is 4.79 Å². The van der Waals surface area contributed by atoms with E-state index in [0.717, 1.165) is 80.3 Å². The zero-order valence-corrected chi connectivity index (χ0v) is 40.7. The Morgan fingerprint density at radius 1 is 0.833 bits per heavy atom. The SMILES string of the molecule is C#CCSC1=C(/C=C2/N(CC)c3cc(OCc4ccccc4)ccc3N2CCC)C(=O)/C1=C/c1sc2cc(OC)ccc2[n+]1Cc1ccc(CCCCCC)cc1.CI.[Br-]. The smallest absolute Gasteiger partial charge is 0.263 e. The van der Waals surface area contributed by atoms with Crippen LogP contribution in [0.2, 0.25) is 0 Å². The van der Waals surface area contributed by atoms with Gasteiger partial charge in [0.1, 0.15) is 28.6 Å². The molecule has 0 radical (unpaired) electrons. The van der Waals surface area contributed by atoms with Crippen LogP contribution in [0.3, 0.4) is 0 Å². The van der Waals surface area contributed by atoms with Crippen molar-refractivity contribution in [3.8, 4) is 23.8 Å². The number of thioether (sulfide) groups is 1. The lowest BCUT2D eigenvalue weighted by atomic mass is 9.89. The number of halogens is 2. The van der Waals surface area contributed by atoms with Gasteiger partial charge in [-0.15, -0.1) is 18.2 Å². The summed E-state index contributed by atoms with van der Waals surface area (Å²) in [5.74, 6) is 5.92. The molecule has 0 saturated heterocycles. The fraction of sp³-hybridized carbons (Fsp3) is 0.320. The van der Waals surface area contributed by atoms with Crippen molar-refractivity contribution >= 4 is 79.1 Å². The highest BCUT2D eigenvalue weighted by molar-refractivity contribution is 14.1. The number of ketones is 1. The Morgan fingerprint density at radius 3 is 2.28 bits per heavy atom. The van der Waals surface area contributed by atoms with Crippen LogP contribution in [0.5, 0.6) is 11.5 Å². The highest BCUT2D eigenvalue weighted by Gasteiger charge is 2.38. The van der Waals surface area contributed by atoms with Crippen molar-refractivity contribution in [2.75, 3.05) is 40.7 Å². The summed E-state index contributed by atoms with van der Waals surface area (Å²) in [5.41, 5.74) is 8.43. The van der Waals surface area contributed by atoms with Crippen molar-refractivity contribution in [3.05, 3.63) is 141 Å². The van der Waals surface area contributed by atoms with Crippen LogP contribution >= 0.6 is 45.7 Å². The van der Waals surface area contributed by atoms with Crippen LogP contribution in [-0.4, -0.2) is 36.7 Å². The van der Waals surface area contributed by atoms with Crippen molar-refractivity contribution in [2.24, 2.45) is 0 Å². The van der Waals surface area contributed by atoms with Crippen molar-refractivity contribution in [3.63, 3.8) is 0 Å². The molecule has 314 valence electrons. The van der Waals surface area contributed by atoms with E-state index in [1.165, 1.54) is 36.8 Å². The van der Waals surface area contributed by atoms with Gasteiger partial charge >= 0.3 is 0 Å². The number of nitrogens with zero attached hydrogens (tertiary/aromatic N) is 3. The number of fused-ring (bicyclic) bond motifs is 2. The lowest BCUT2D eigenvalue weighted by Gasteiger charge is -2.28. The molecule has 4 aromatic carbocycles. The van der Waals surface area contributed by atoms with Crippen LogP contribution in [0.15, 0.2) is 119 Å². The lowest BCUT2D eigenvalue weighted by molar-refractivity contribution is -0.659. The Balaban J connectivity index is 0.00000224. The molecule has 2 aliphatic rings. The second kappa shape index (κ2) is 23.3. The van der Waals surface area contributed by atoms with E-state index < -0.39 is 0 Å². The molecule has 1 aliphatic carbocycles. The molecule has 0 fully saturated rings. The number of Topliss-reactive ketones (excluding diaryl/α,β-unsaturated/α-hetero) is 1. The molecule has 0 spiro atoms. The minimum Gasteiger partial charge on any atom is -1.00 e. The van der Waals surface area contributed by atoms with Crippen LogP contribution < -0.4 is 40.8 Å². The summed E-state index contributed by atoms with van der Waals surface area (Å²) in [6.07, 6.45) is 17.1. The van der Waals surface area contributed by atoms with E-state index in [9.17, 15) is 4.79 Å². The maximum Gasteiger partial charge on any atom is 0.263 e. The summed E-state index contributed by atoms with van der Waals surface area (Å²) in [6, 6.07) is 31.8. The summed E-state index contributed by atoms with van der Waals surface area (Å²) in [7, 11) is 1.70. The molecule has 2 heterocycles. The number of aromatic nitrogens is 1. The number of carbonyl (C=O) groups is 1. The van der Waals surface area contributed by atoms with Gasteiger partial charge in [-0.25, -0.2) is 0 Å². The quantitative estimate of drug-likeness (QED) is 0.0218. The van der Waals surface area contributed by atoms with Gasteiger partial charge in [0.15, 0.2) is 12.3 Å². The van der Waals surface area contributed by atoms with E-state index in [1.54, 1.807) is 30.2 Å². The molecule has 0 N–H and O–H groups in total. The highest BCUT2D eigenvalue weighted by Crippen LogP contribution is 2.47. The van der Waals surface area contributed by atoms with Gasteiger partial charge in [-0.05, 0) is 66.5 Å². The molecule has 0 bridgehead atoms. The fourth-order valence-electron chi connectivity index (χ4n) is 7.57. The van der Waals surface area contributed by atoms with E-state index in [0.29, 0.717) is 30.1 Å². The standard InChI is InChI=1S/C49H52N3O3S2.CH3I.BrH/c1-6-10-11-13-16-35-19-21-36(22-20-35)33-52-43-26-23-38(54-5)30-45(43)57-47(52)32-41-48(53)40(49(41)56-28-8-3)31-46-50(9-4)44-29-39(24-25-42(44)51(46)27-7-2)55-34-37-17-14-12-15-18-37;1-2;/h3,12,14-15,17-26,29-32H,6-7,9-11,13,16,27-28,33-34H2,1-2,4-5H3;1H3;1H/q+1;;/p-1. The third kappa shape index (κ3) is 10.9. The van der Waals surface area contributed by atoms with E-state index in [1.807, 2.05) is 35.3 Å². The van der Waals surface area contributed by atoms with Gasteiger partial charge in [0.05, 0.1) is 24.2 Å². The molecule has 0 atom stereocenters. The monoisotopic (exact) mass is 1020 g/mol. The summed E-state index contributed by atoms with van der Waals surface area (Å²) in [6.45, 7) is 9.34. The minimum atomic E-state index is 0.